The lowest BCUT2D eigenvalue weighted by atomic mass is 10.1. The van der Waals surface area contributed by atoms with Crippen LogP contribution in [0.25, 0.3) is 0 Å². The average molecular weight is 216 g/mol. The zero-order valence-electron chi connectivity index (χ0n) is 8.58. The van der Waals surface area contributed by atoms with Crippen LogP contribution in [0.3, 0.4) is 0 Å². The summed E-state index contributed by atoms with van der Waals surface area (Å²) in [4.78, 5) is 0. The van der Waals surface area contributed by atoms with Crippen molar-refractivity contribution in [2.45, 2.75) is 26.4 Å². The standard InChI is InChI=1S/C10H17N3.ClH/c1-7(2)13-6-8-5-9(11)3-4-10(8)12;/h3-5,7,13H,6,11-12H2,1-2H3;1H. The molecule has 0 aliphatic rings. The molecule has 0 bridgehead atoms. The molecule has 1 aromatic rings. The number of benzene rings is 1. The minimum Gasteiger partial charge on any atom is -0.399 e. The zero-order valence-corrected chi connectivity index (χ0v) is 9.40. The van der Waals surface area contributed by atoms with E-state index >= 15 is 0 Å². The second-order valence-electron chi connectivity index (χ2n) is 3.49. The van der Waals surface area contributed by atoms with Gasteiger partial charge in [-0.2, -0.15) is 0 Å². The van der Waals surface area contributed by atoms with Gasteiger partial charge in [0.1, 0.15) is 0 Å². The summed E-state index contributed by atoms with van der Waals surface area (Å²) in [6.45, 7) is 4.97. The molecule has 0 fully saturated rings. The average Bonchev–Trinajstić information content (AvgIpc) is 2.06. The van der Waals surface area contributed by atoms with Crippen molar-refractivity contribution in [1.82, 2.24) is 5.32 Å². The molecule has 0 unspecified atom stereocenters. The summed E-state index contributed by atoms with van der Waals surface area (Å²) in [5.74, 6) is 0. The lowest BCUT2D eigenvalue weighted by molar-refractivity contribution is 0.590. The lowest BCUT2D eigenvalue weighted by Crippen LogP contribution is -2.22. The summed E-state index contributed by atoms with van der Waals surface area (Å²) < 4.78 is 0. The molecule has 5 N–H and O–H groups in total. The third-order valence-electron chi connectivity index (χ3n) is 1.87. The molecule has 0 amide bonds. The smallest absolute Gasteiger partial charge is 0.0361 e. The van der Waals surface area contributed by atoms with E-state index < -0.39 is 0 Å². The van der Waals surface area contributed by atoms with Gasteiger partial charge < -0.3 is 16.8 Å². The second kappa shape index (κ2) is 5.73. The van der Waals surface area contributed by atoms with E-state index in [0.717, 1.165) is 23.5 Å². The van der Waals surface area contributed by atoms with Crippen LogP contribution in [0.15, 0.2) is 18.2 Å². The van der Waals surface area contributed by atoms with Crippen LogP contribution in [-0.4, -0.2) is 6.04 Å². The largest absolute Gasteiger partial charge is 0.399 e. The van der Waals surface area contributed by atoms with E-state index in [0.29, 0.717) is 6.04 Å². The number of hydrogen-bond donors (Lipinski definition) is 3. The Bertz CT molecular complexity index is 287. The fourth-order valence-electron chi connectivity index (χ4n) is 1.09. The Balaban J connectivity index is 0.00000169. The maximum Gasteiger partial charge on any atom is 0.0361 e. The molecule has 14 heavy (non-hydrogen) atoms. The van der Waals surface area contributed by atoms with Gasteiger partial charge in [-0.3, -0.25) is 0 Å². The molecule has 0 saturated heterocycles. The first-order valence-corrected chi connectivity index (χ1v) is 4.47. The number of nitrogens with one attached hydrogen (secondary N) is 1. The molecule has 4 heteroatoms. The van der Waals surface area contributed by atoms with E-state index in [1.165, 1.54) is 0 Å². The van der Waals surface area contributed by atoms with Crippen LogP contribution in [0.4, 0.5) is 11.4 Å². The highest BCUT2D eigenvalue weighted by Crippen LogP contribution is 2.15. The summed E-state index contributed by atoms with van der Waals surface area (Å²) in [7, 11) is 0. The normalized spacial score (nSPS) is 9.93. The summed E-state index contributed by atoms with van der Waals surface area (Å²) in [6.07, 6.45) is 0. The van der Waals surface area contributed by atoms with Gasteiger partial charge in [0.15, 0.2) is 0 Å². The van der Waals surface area contributed by atoms with E-state index in [9.17, 15) is 0 Å². The molecule has 0 atom stereocenters. The van der Waals surface area contributed by atoms with E-state index in [4.69, 9.17) is 11.5 Å². The molecule has 3 nitrogen and oxygen atoms in total. The lowest BCUT2D eigenvalue weighted by Gasteiger charge is -2.10. The summed E-state index contributed by atoms with van der Waals surface area (Å²) in [6, 6.07) is 6.02. The van der Waals surface area contributed by atoms with Crippen molar-refractivity contribution < 1.29 is 0 Å². The Morgan fingerprint density at radius 1 is 1.29 bits per heavy atom. The Hall–Kier alpha value is -0.930. The minimum atomic E-state index is 0. The Kier molecular flexibility index (Phi) is 5.35. The van der Waals surface area contributed by atoms with Crippen LogP contribution >= 0.6 is 12.4 Å². The van der Waals surface area contributed by atoms with Crippen molar-refractivity contribution in [2.24, 2.45) is 0 Å². The number of rotatable bonds is 3. The Morgan fingerprint density at radius 3 is 2.50 bits per heavy atom. The van der Waals surface area contributed by atoms with Crippen molar-refractivity contribution in [3.8, 4) is 0 Å². The van der Waals surface area contributed by atoms with Crippen LogP contribution in [0, 0.1) is 0 Å². The van der Waals surface area contributed by atoms with Gasteiger partial charge >= 0.3 is 0 Å². The molecule has 0 saturated carbocycles. The Morgan fingerprint density at radius 2 is 1.93 bits per heavy atom. The predicted octanol–water partition coefficient (Wildman–Crippen LogP) is 1.77. The van der Waals surface area contributed by atoms with Crippen molar-refractivity contribution in [3.05, 3.63) is 23.8 Å². The van der Waals surface area contributed by atoms with Crippen molar-refractivity contribution >= 4 is 23.8 Å². The van der Waals surface area contributed by atoms with Crippen molar-refractivity contribution in [3.63, 3.8) is 0 Å². The molecular weight excluding hydrogens is 198 g/mol. The molecule has 1 rings (SSSR count). The van der Waals surface area contributed by atoms with Crippen LogP contribution in [0.5, 0.6) is 0 Å². The van der Waals surface area contributed by atoms with Gasteiger partial charge in [0.05, 0.1) is 0 Å². The van der Waals surface area contributed by atoms with Gasteiger partial charge in [-0.1, -0.05) is 13.8 Å². The molecule has 0 radical (unpaired) electrons. The third-order valence-corrected chi connectivity index (χ3v) is 1.87. The number of nitrogen functional groups attached to an aromatic ring is 2. The van der Waals surface area contributed by atoms with Crippen LogP contribution in [-0.2, 0) is 6.54 Å². The molecule has 0 heterocycles. The monoisotopic (exact) mass is 215 g/mol. The SMILES string of the molecule is CC(C)NCc1cc(N)ccc1N.Cl. The molecule has 1 aromatic carbocycles. The zero-order chi connectivity index (χ0) is 9.84. The predicted molar refractivity (Wildman–Crippen MR) is 64.5 cm³/mol. The molecule has 0 aromatic heterocycles. The maximum absolute atomic E-state index is 5.78. The molecule has 0 aliphatic heterocycles. The van der Waals surface area contributed by atoms with Crippen LogP contribution < -0.4 is 16.8 Å². The van der Waals surface area contributed by atoms with E-state index in [1.54, 1.807) is 0 Å². The maximum atomic E-state index is 5.78. The fourth-order valence-corrected chi connectivity index (χ4v) is 1.09. The first-order chi connectivity index (χ1) is 6.09. The van der Waals surface area contributed by atoms with Crippen molar-refractivity contribution in [1.29, 1.82) is 0 Å². The molecule has 0 aliphatic carbocycles. The highest BCUT2D eigenvalue weighted by molar-refractivity contribution is 5.85. The van der Waals surface area contributed by atoms with E-state index in [2.05, 4.69) is 19.2 Å². The van der Waals surface area contributed by atoms with E-state index in [1.807, 2.05) is 18.2 Å². The highest BCUT2D eigenvalue weighted by atomic mass is 35.5. The van der Waals surface area contributed by atoms with Gasteiger partial charge in [0.25, 0.3) is 0 Å². The topological polar surface area (TPSA) is 64.1 Å². The summed E-state index contributed by atoms with van der Waals surface area (Å²) in [5.41, 5.74) is 14.0. The second-order valence-corrected chi connectivity index (χ2v) is 3.49. The van der Waals surface area contributed by atoms with Crippen molar-refractivity contribution in [2.75, 3.05) is 11.5 Å². The highest BCUT2D eigenvalue weighted by Gasteiger charge is 2.00. The molecular formula is C10H18ClN3. The number of anilines is 2. The van der Waals surface area contributed by atoms with Crippen LogP contribution in [0.1, 0.15) is 19.4 Å². The third kappa shape index (κ3) is 3.85. The van der Waals surface area contributed by atoms with Crippen LogP contribution in [0.2, 0.25) is 0 Å². The van der Waals surface area contributed by atoms with E-state index in [-0.39, 0.29) is 12.4 Å². The van der Waals surface area contributed by atoms with Gasteiger partial charge in [-0.05, 0) is 23.8 Å². The first-order valence-electron chi connectivity index (χ1n) is 4.47. The molecule has 80 valence electrons. The number of halogens is 1. The molecule has 0 spiro atoms. The first kappa shape index (κ1) is 13.1. The summed E-state index contributed by atoms with van der Waals surface area (Å²) in [5, 5.41) is 3.29. The fraction of sp³-hybridized carbons (Fsp3) is 0.400. The van der Waals surface area contributed by atoms with Gasteiger partial charge in [0, 0.05) is 24.0 Å². The van der Waals surface area contributed by atoms with Gasteiger partial charge in [-0.25, -0.2) is 0 Å². The van der Waals surface area contributed by atoms with Gasteiger partial charge in [-0.15, -0.1) is 12.4 Å². The Labute approximate surface area is 91.3 Å². The minimum absolute atomic E-state index is 0. The van der Waals surface area contributed by atoms with Gasteiger partial charge in [0.2, 0.25) is 0 Å². The summed E-state index contributed by atoms with van der Waals surface area (Å²) >= 11 is 0. The number of nitrogens with two attached hydrogens (primary N) is 2. The quantitative estimate of drug-likeness (QED) is 0.674. The number of hydrogen-bond acceptors (Lipinski definition) is 3.